The molecular weight excluding hydrogens is 498 g/mol. The van der Waals surface area contributed by atoms with Gasteiger partial charge in [0.15, 0.2) is 5.96 Å². The average Bonchev–Trinajstić information content (AvgIpc) is 3.07. The molecule has 0 bridgehead atoms. The van der Waals surface area contributed by atoms with E-state index in [0.29, 0.717) is 32.0 Å². The van der Waals surface area contributed by atoms with Gasteiger partial charge in [0.1, 0.15) is 11.9 Å². The number of alkyl halides is 3. The van der Waals surface area contributed by atoms with Crippen LogP contribution in [-0.2, 0) is 19.8 Å². The summed E-state index contributed by atoms with van der Waals surface area (Å²) in [4.78, 5) is 4.51. The van der Waals surface area contributed by atoms with Crippen molar-refractivity contribution in [2.45, 2.75) is 39.1 Å². The third-order valence-electron chi connectivity index (χ3n) is 4.08. The molecule has 2 rings (SSSR count). The van der Waals surface area contributed by atoms with Gasteiger partial charge in [0.05, 0.1) is 24.3 Å². The lowest BCUT2D eigenvalue weighted by atomic mass is 10.2. The van der Waals surface area contributed by atoms with Crippen molar-refractivity contribution in [3.8, 4) is 5.75 Å². The number of rotatable bonds is 8. The van der Waals surface area contributed by atoms with Gasteiger partial charge in [-0.15, -0.1) is 24.0 Å². The van der Waals surface area contributed by atoms with Crippen LogP contribution in [0.1, 0.15) is 31.5 Å². The molecule has 2 N–H and O–H groups in total. The molecule has 29 heavy (non-hydrogen) atoms. The maximum absolute atomic E-state index is 12.9. The number of aromatic nitrogens is 2. The van der Waals surface area contributed by atoms with E-state index >= 15 is 0 Å². The molecule has 0 saturated heterocycles. The molecule has 1 atom stereocenters. The number of nitrogens with one attached hydrogen (secondary N) is 2. The fraction of sp³-hybridized carbons (Fsp3) is 0.474. The summed E-state index contributed by atoms with van der Waals surface area (Å²) >= 11 is 0. The van der Waals surface area contributed by atoms with Crippen molar-refractivity contribution >= 4 is 29.9 Å². The number of ether oxygens (including phenoxy) is 1. The molecule has 1 aromatic heterocycles. The Bertz CT molecular complexity index is 779. The Labute approximate surface area is 185 Å². The molecule has 2 aromatic rings. The number of hydrogen-bond donors (Lipinski definition) is 2. The number of guanidine groups is 1. The molecule has 0 aliphatic rings. The van der Waals surface area contributed by atoms with Gasteiger partial charge in [-0.05, 0) is 37.6 Å². The Morgan fingerprint density at radius 2 is 2.00 bits per heavy atom. The first-order chi connectivity index (χ1) is 13.3. The van der Waals surface area contributed by atoms with Gasteiger partial charge >= 0.3 is 6.18 Å². The van der Waals surface area contributed by atoms with Gasteiger partial charge in [-0.3, -0.25) is 4.68 Å². The van der Waals surface area contributed by atoms with Crippen LogP contribution in [0.4, 0.5) is 13.2 Å². The van der Waals surface area contributed by atoms with Gasteiger partial charge < -0.3 is 15.4 Å². The van der Waals surface area contributed by atoms with E-state index in [1.807, 2.05) is 27.0 Å². The third kappa shape index (κ3) is 8.11. The molecule has 0 aliphatic carbocycles. The molecule has 6 nitrogen and oxygen atoms in total. The monoisotopic (exact) mass is 525 g/mol. The van der Waals surface area contributed by atoms with Crippen molar-refractivity contribution in [3.05, 3.63) is 47.8 Å². The lowest BCUT2D eigenvalue weighted by molar-refractivity contribution is -0.137. The molecule has 0 saturated carbocycles. The highest BCUT2D eigenvalue weighted by Gasteiger charge is 2.30. The van der Waals surface area contributed by atoms with Crippen LogP contribution >= 0.6 is 24.0 Å². The van der Waals surface area contributed by atoms with Crippen molar-refractivity contribution in [2.75, 3.05) is 13.1 Å². The lowest BCUT2D eigenvalue weighted by Gasteiger charge is -2.20. The zero-order valence-corrected chi connectivity index (χ0v) is 19.0. The molecule has 0 aliphatic heterocycles. The Morgan fingerprint density at radius 1 is 1.24 bits per heavy atom. The maximum atomic E-state index is 12.9. The molecule has 0 amide bonds. The summed E-state index contributed by atoms with van der Waals surface area (Å²) in [6, 6.07) is 6.81. The molecule has 0 spiro atoms. The molecule has 1 aromatic carbocycles. The molecule has 10 heteroatoms. The van der Waals surface area contributed by atoms with E-state index in [2.05, 4.69) is 20.7 Å². The van der Waals surface area contributed by atoms with Crippen molar-refractivity contribution in [1.82, 2.24) is 20.4 Å². The summed E-state index contributed by atoms with van der Waals surface area (Å²) in [5.74, 6) is 0.801. The molecule has 0 fully saturated rings. The van der Waals surface area contributed by atoms with E-state index in [1.54, 1.807) is 10.9 Å². The SMILES string of the molecule is CCNC(=NCc1ccnn1C)NCC(CC)Oc1cccc(C(F)(F)F)c1.I. The fourth-order valence-electron chi connectivity index (χ4n) is 2.48. The molecule has 0 radical (unpaired) electrons. The normalized spacial score (nSPS) is 12.8. The first kappa shape index (κ1) is 25.1. The van der Waals surface area contributed by atoms with Gasteiger partial charge in [0, 0.05) is 19.8 Å². The van der Waals surface area contributed by atoms with Gasteiger partial charge in [0.25, 0.3) is 0 Å². The summed E-state index contributed by atoms with van der Waals surface area (Å²) in [6.45, 7) is 5.42. The van der Waals surface area contributed by atoms with Gasteiger partial charge in [-0.25, -0.2) is 4.99 Å². The van der Waals surface area contributed by atoms with Gasteiger partial charge in [0.2, 0.25) is 0 Å². The molecule has 1 heterocycles. The minimum absolute atomic E-state index is 0. The highest BCUT2D eigenvalue weighted by Crippen LogP contribution is 2.31. The number of aryl methyl sites for hydroxylation is 1. The first-order valence-corrected chi connectivity index (χ1v) is 9.16. The maximum Gasteiger partial charge on any atom is 0.416 e. The Balaban J connectivity index is 0.00000420. The predicted molar refractivity (Wildman–Crippen MR) is 118 cm³/mol. The smallest absolute Gasteiger partial charge is 0.416 e. The number of benzene rings is 1. The summed E-state index contributed by atoms with van der Waals surface area (Å²) in [7, 11) is 1.85. The second-order valence-electron chi connectivity index (χ2n) is 6.20. The molecular formula is C19H27F3IN5O. The quantitative estimate of drug-likeness (QED) is 0.311. The van der Waals surface area contributed by atoms with Crippen LogP contribution in [0.25, 0.3) is 0 Å². The van der Waals surface area contributed by atoms with Crippen LogP contribution in [0.15, 0.2) is 41.5 Å². The fourth-order valence-corrected chi connectivity index (χ4v) is 2.48. The molecule has 162 valence electrons. The minimum atomic E-state index is -4.39. The van der Waals surface area contributed by atoms with Crippen molar-refractivity contribution < 1.29 is 17.9 Å². The van der Waals surface area contributed by atoms with E-state index in [-0.39, 0.29) is 35.8 Å². The van der Waals surface area contributed by atoms with Crippen LogP contribution in [0.3, 0.4) is 0 Å². The topological polar surface area (TPSA) is 63.5 Å². The number of nitrogens with zero attached hydrogens (tertiary/aromatic N) is 3. The second-order valence-corrected chi connectivity index (χ2v) is 6.20. The van der Waals surface area contributed by atoms with E-state index in [9.17, 15) is 13.2 Å². The van der Waals surface area contributed by atoms with Gasteiger partial charge in [-0.2, -0.15) is 18.3 Å². The Morgan fingerprint density at radius 3 is 2.59 bits per heavy atom. The van der Waals surface area contributed by atoms with Crippen LogP contribution in [0.2, 0.25) is 0 Å². The van der Waals surface area contributed by atoms with E-state index in [1.165, 1.54) is 12.1 Å². The summed E-state index contributed by atoms with van der Waals surface area (Å²) in [5.41, 5.74) is 0.239. The van der Waals surface area contributed by atoms with Crippen LogP contribution in [0, 0.1) is 0 Å². The minimum Gasteiger partial charge on any atom is -0.489 e. The number of aliphatic imine (C=N–C) groups is 1. The number of hydrogen-bond acceptors (Lipinski definition) is 3. The first-order valence-electron chi connectivity index (χ1n) is 9.16. The van der Waals surface area contributed by atoms with Crippen molar-refractivity contribution in [1.29, 1.82) is 0 Å². The lowest BCUT2D eigenvalue weighted by Crippen LogP contribution is -2.42. The Kier molecular flexibility index (Phi) is 10.3. The average molecular weight is 525 g/mol. The zero-order chi connectivity index (χ0) is 20.6. The predicted octanol–water partition coefficient (Wildman–Crippen LogP) is 3.97. The molecule has 1 unspecified atom stereocenters. The van der Waals surface area contributed by atoms with Gasteiger partial charge in [-0.1, -0.05) is 13.0 Å². The van der Waals surface area contributed by atoms with E-state index in [0.717, 1.165) is 17.8 Å². The highest BCUT2D eigenvalue weighted by molar-refractivity contribution is 14.0. The van der Waals surface area contributed by atoms with Crippen molar-refractivity contribution in [2.24, 2.45) is 12.0 Å². The van der Waals surface area contributed by atoms with Crippen molar-refractivity contribution in [3.63, 3.8) is 0 Å². The summed E-state index contributed by atoms with van der Waals surface area (Å²) in [6.07, 6.45) is -2.36. The standard InChI is InChI=1S/C19H26F3N5O.HI/c1-4-16(28-17-8-6-7-14(11-17)19(20,21)22)13-25-18(23-5-2)24-12-15-9-10-26-27(15)3;/h6-11,16H,4-5,12-13H2,1-3H3,(H2,23,24,25);1H. The van der Waals surface area contributed by atoms with Crippen LogP contribution < -0.4 is 15.4 Å². The zero-order valence-electron chi connectivity index (χ0n) is 16.7. The highest BCUT2D eigenvalue weighted by atomic mass is 127. The van der Waals surface area contributed by atoms with E-state index < -0.39 is 11.7 Å². The summed E-state index contributed by atoms with van der Waals surface area (Å²) in [5, 5.41) is 10.4. The summed E-state index contributed by atoms with van der Waals surface area (Å²) < 4.78 is 46.1. The van der Waals surface area contributed by atoms with Crippen LogP contribution in [0.5, 0.6) is 5.75 Å². The van der Waals surface area contributed by atoms with E-state index in [4.69, 9.17) is 4.74 Å². The number of halogens is 4. The third-order valence-corrected chi connectivity index (χ3v) is 4.08. The Hall–Kier alpha value is -1.98. The van der Waals surface area contributed by atoms with Crippen LogP contribution in [-0.4, -0.2) is 34.9 Å². The second kappa shape index (κ2) is 11.9. The largest absolute Gasteiger partial charge is 0.489 e.